The smallest absolute Gasteiger partial charge is 0.344 e. The summed E-state index contributed by atoms with van der Waals surface area (Å²) in [6.07, 6.45) is 10.8. The summed E-state index contributed by atoms with van der Waals surface area (Å²) in [7, 11) is 0. The molecule has 31 heavy (non-hydrogen) atoms. The van der Waals surface area contributed by atoms with Gasteiger partial charge in [-0.05, 0) is 49.2 Å². The Bertz CT molecular complexity index is 847. The van der Waals surface area contributed by atoms with E-state index in [1.807, 2.05) is 6.92 Å². The van der Waals surface area contributed by atoms with Gasteiger partial charge in [-0.25, -0.2) is 9.59 Å². The summed E-state index contributed by atoms with van der Waals surface area (Å²) in [6, 6.07) is 11.5. The predicted octanol–water partition coefficient (Wildman–Crippen LogP) is 7.56. The third kappa shape index (κ3) is 8.74. The Morgan fingerprint density at radius 1 is 0.806 bits per heavy atom. The molecular formula is C26H33ClO4. The minimum atomic E-state index is -0.600. The van der Waals surface area contributed by atoms with Gasteiger partial charge in [-0.15, -0.1) is 0 Å². The van der Waals surface area contributed by atoms with Crippen LogP contribution in [0.15, 0.2) is 42.5 Å². The van der Waals surface area contributed by atoms with Crippen molar-refractivity contribution in [1.82, 2.24) is 0 Å². The number of carbonyl (C=O) groups excluding carboxylic acids is 2. The average molecular weight is 445 g/mol. The number of hydrogen-bond donors (Lipinski definition) is 0. The molecule has 0 aliphatic rings. The Hall–Kier alpha value is -2.33. The summed E-state index contributed by atoms with van der Waals surface area (Å²) in [6.45, 7) is 4.41. The highest BCUT2D eigenvalue weighted by molar-refractivity contribution is 6.31. The van der Waals surface area contributed by atoms with Gasteiger partial charge in [-0.1, -0.05) is 82.0 Å². The molecule has 0 heterocycles. The van der Waals surface area contributed by atoms with E-state index < -0.39 is 11.9 Å². The van der Waals surface area contributed by atoms with Gasteiger partial charge in [-0.3, -0.25) is 0 Å². The summed E-state index contributed by atoms with van der Waals surface area (Å²) in [5.41, 5.74) is 1.21. The lowest BCUT2D eigenvalue weighted by atomic mass is 10.1. The highest BCUT2D eigenvalue weighted by Gasteiger charge is 2.19. The first kappa shape index (κ1) is 24.9. The van der Waals surface area contributed by atoms with Crippen LogP contribution in [0, 0.1) is 6.92 Å². The number of ether oxygens (including phenoxy) is 2. The highest BCUT2D eigenvalue weighted by Crippen LogP contribution is 2.22. The molecule has 2 aromatic rings. The van der Waals surface area contributed by atoms with E-state index in [-0.39, 0.29) is 11.1 Å². The molecule has 5 heteroatoms. The van der Waals surface area contributed by atoms with Crippen LogP contribution in [0.5, 0.6) is 5.75 Å². The van der Waals surface area contributed by atoms with Crippen molar-refractivity contribution >= 4 is 23.5 Å². The second-order valence-corrected chi connectivity index (χ2v) is 8.22. The Balaban J connectivity index is 1.79. The number of unbranched alkanes of at least 4 members (excludes halogenated alkanes) is 8. The second-order valence-electron chi connectivity index (χ2n) is 7.81. The van der Waals surface area contributed by atoms with Gasteiger partial charge in [0.15, 0.2) is 0 Å². The van der Waals surface area contributed by atoms with Crippen molar-refractivity contribution in [3.8, 4) is 5.75 Å². The maximum Gasteiger partial charge on any atom is 0.344 e. The van der Waals surface area contributed by atoms with E-state index in [2.05, 4.69) is 6.92 Å². The van der Waals surface area contributed by atoms with E-state index in [4.69, 9.17) is 21.1 Å². The van der Waals surface area contributed by atoms with Gasteiger partial charge < -0.3 is 9.47 Å². The van der Waals surface area contributed by atoms with Crippen LogP contribution in [0.3, 0.4) is 0 Å². The lowest BCUT2D eigenvalue weighted by Gasteiger charge is -2.10. The van der Waals surface area contributed by atoms with Gasteiger partial charge in [0.05, 0.1) is 17.7 Å². The van der Waals surface area contributed by atoms with Gasteiger partial charge in [0.2, 0.25) is 0 Å². The van der Waals surface area contributed by atoms with Gasteiger partial charge in [-0.2, -0.15) is 0 Å². The molecular weight excluding hydrogens is 412 g/mol. The van der Waals surface area contributed by atoms with E-state index in [1.165, 1.54) is 38.5 Å². The maximum absolute atomic E-state index is 12.6. The topological polar surface area (TPSA) is 52.6 Å². The van der Waals surface area contributed by atoms with Crippen LogP contribution in [0.25, 0.3) is 0 Å². The Labute approximate surface area is 190 Å². The first-order valence-electron chi connectivity index (χ1n) is 11.3. The maximum atomic E-state index is 12.6. The fourth-order valence-electron chi connectivity index (χ4n) is 3.34. The average Bonchev–Trinajstić information content (AvgIpc) is 2.77. The van der Waals surface area contributed by atoms with Gasteiger partial charge in [0.25, 0.3) is 0 Å². The zero-order valence-corrected chi connectivity index (χ0v) is 19.4. The number of aryl methyl sites for hydroxylation is 1. The van der Waals surface area contributed by atoms with Crippen LogP contribution in [-0.2, 0) is 4.74 Å². The minimum Gasteiger partial charge on any atom is -0.462 e. The van der Waals surface area contributed by atoms with E-state index >= 15 is 0 Å². The Morgan fingerprint density at radius 3 is 2.00 bits per heavy atom. The van der Waals surface area contributed by atoms with Crippen LogP contribution < -0.4 is 4.74 Å². The molecule has 2 aromatic carbocycles. The molecule has 0 fully saturated rings. The molecule has 4 nitrogen and oxygen atoms in total. The zero-order valence-electron chi connectivity index (χ0n) is 18.6. The SMILES string of the molecule is CCCCCCCCCCCOC(=O)c1ccccc1C(=O)Oc1ccc(Cl)c(C)c1. The molecule has 0 saturated carbocycles. The van der Waals surface area contributed by atoms with E-state index in [1.54, 1.807) is 42.5 Å². The minimum absolute atomic E-state index is 0.187. The molecule has 0 spiro atoms. The van der Waals surface area contributed by atoms with E-state index in [0.717, 1.165) is 24.8 Å². The van der Waals surface area contributed by atoms with Crippen molar-refractivity contribution in [2.45, 2.75) is 71.6 Å². The molecule has 0 amide bonds. The quantitative estimate of drug-likeness (QED) is 0.182. The summed E-state index contributed by atoms with van der Waals surface area (Å²) < 4.78 is 10.8. The largest absolute Gasteiger partial charge is 0.462 e. The summed E-state index contributed by atoms with van der Waals surface area (Å²) >= 11 is 6.01. The normalized spacial score (nSPS) is 10.7. The van der Waals surface area contributed by atoms with Crippen LogP contribution in [-0.4, -0.2) is 18.5 Å². The molecule has 0 aliphatic carbocycles. The number of carbonyl (C=O) groups is 2. The van der Waals surface area contributed by atoms with Crippen molar-refractivity contribution in [2.24, 2.45) is 0 Å². The fraction of sp³-hybridized carbons (Fsp3) is 0.462. The molecule has 0 atom stereocenters. The lowest BCUT2D eigenvalue weighted by molar-refractivity contribution is 0.0489. The fourth-order valence-corrected chi connectivity index (χ4v) is 3.45. The molecule has 0 N–H and O–H groups in total. The first-order chi connectivity index (χ1) is 15.0. The van der Waals surface area contributed by atoms with E-state index in [0.29, 0.717) is 17.4 Å². The van der Waals surface area contributed by atoms with Crippen molar-refractivity contribution in [1.29, 1.82) is 0 Å². The van der Waals surface area contributed by atoms with Crippen LogP contribution in [0.2, 0.25) is 5.02 Å². The van der Waals surface area contributed by atoms with Crippen LogP contribution >= 0.6 is 11.6 Å². The van der Waals surface area contributed by atoms with Crippen molar-refractivity contribution in [2.75, 3.05) is 6.61 Å². The third-order valence-electron chi connectivity index (χ3n) is 5.19. The molecule has 2 rings (SSSR count). The van der Waals surface area contributed by atoms with Crippen molar-refractivity contribution in [3.05, 3.63) is 64.2 Å². The van der Waals surface area contributed by atoms with Gasteiger partial charge in [0.1, 0.15) is 5.75 Å². The summed E-state index contributed by atoms with van der Waals surface area (Å²) in [5, 5.41) is 0.597. The van der Waals surface area contributed by atoms with Crippen molar-refractivity contribution in [3.63, 3.8) is 0 Å². The molecule has 0 aromatic heterocycles. The molecule has 0 saturated heterocycles. The van der Waals surface area contributed by atoms with Crippen molar-refractivity contribution < 1.29 is 19.1 Å². The van der Waals surface area contributed by atoms with Crippen LogP contribution in [0.1, 0.15) is 91.0 Å². The number of hydrogen-bond acceptors (Lipinski definition) is 4. The van der Waals surface area contributed by atoms with Gasteiger partial charge >= 0.3 is 11.9 Å². The third-order valence-corrected chi connectivity index (χ3v) is 5.61. The van der Waals surface area contributed by atoms with Gasteiger partial charge in [0, 0.05) is 5.02 Å². The predicted molar refractivity (Wildman–Crippen MR) is 125 cm³/mol. The lowest BCUT2D eigenvalue weighted by Crippen LogP contribution is -2.16. The molecule has 0 aliphatic heterocycles. The summed E-state index contributed by atoms with van der Waals surface area (Å²) in [4.78, 5) is 25.1. The first-order valence-corrected chi connectivity index (χ1v) is 11.6. The second kappa shape index (κ2) is 13.9. The molecule has 168 valence electrons. The summed E-state index contributed by atoms with van der Waals surface area (Å²) in [5.74, 6) is -0.721. The number of halogens is 1. The molecule has 0 bridgehead atoms. The standard InChI is InChI=1S/C26H33ClO4/c1-3-4-5-6-7-8-9-10-13-18-30-25(28)22-14-11-12-15-23(22)26(29)31-21-16-17-24(27)20(2)19-21/h11-12,14-17,19H,3-10,13,18H2,1-2H3. The van der Waals surface area contributed by atoms with E-state index in [9.17, 15) is 9.59 Å². The number of benzene rings is 2. The Kier molecular flexibility index (Phi) is 11.2. The molecule has 0 unspecified atom stereocenters. The number of esters is 2. The zero-order chi connectivity index (χ0) is 22.5. The Morgan fingerprint density at radius 2 is 1.39 bits per heavy atom. The van der Waals surface area contributed by atoms with Crippen LogP contribution in [0.4, 0.5) is 0 Å². The highest BCUT2D eigenvalue weighted by atomic mass is 35.5. The molecule has 0 radical (unpaired) electrons. The monoisotopic (exact) mass is 444 g/mol. The number of rotatable bonds is 13.